The largest absolute Gasteiger partial charge is 0.435 e. The number of rotatable bonds is 3. The summed E-state index contributed by atoms with van der Waals surface area (Å²) >= 11 is 11.8. The molecule has 148 valence electrons. The third kappa shape index (κ3) is 3.15. The summed E-state index contributed by atoms with van der Waals surface area (Å²) in [6.45, 7) is 0.423. The number of halogens is 6. The molecule has 3 nitrogen and oxygen atoms in total. The third-order valence-electron chi connectivity index (χ3n) is 5.06. The van der Waals surface area contributed by atoms with E-state index in [1.807, 2.05) is 0 Å². The third-order valence-corrected chi connectivity index (χ3v) is 5.50. The maximum absolute atomic E-state index is 14.4. The molecule has 2 aromatic rings. The van der Waals surface area contributed by atoms with Crippen molar-refractivity contribution < 1.29 is 22.4 Å². The molecule has 2 aliphatic heterocycles. The molecule has 0 aromatic heterocycles. The number of alkyl halides is 4. The predicted molar refractivity (Wildman–Crippen MR) is 98.5 cm³/mol. The minimum atomic E-state index is -4.76. The molecule has 28 heavy (non-hydrogen) atoms. The Morgan fingerprint density at radius 1 is 0.964 bits per heavy atom. The molecule has 1 fully saturated rings. The van der Waals surface area contributed by atoms with Crippen LogP contribution < -0.4 is 5.32 Å². The summed E-state index contributed by atoms with van der Waals surface area (Å²) in [6, 6.07) is 9.89. The zero-order chi connectivity index (χ0) is 20.2. The van der Waals surface area contributed by atoms with E-state index in [-0.39, 0.29) is 34.4 Å². The Labute approximate surface area is 168 Å². The van der Waals surface area contributed by atoms with Gasteiger partial charge in [0.1, 0.15) is 0 Å². The van der Waals surface area contributed by atoms with Crippen LogP contribution in [0.1, 0.15) is 23.1 Å². The molecular formula is C19H14Cl2F4N2O. The van der Waals surface area contributed by atoms with Crippen LogP contribution in [0.4, 0.5) is 17.6 Å². The van der Waals surface area contributed by atoms with Gasteiger partial charge in [-0.1, -0.05) is 52.6 Å². The molecule has 1 N–H and O–H groups in total. The fraction of sp³-hybridized carbons (Fsp3) is 0.316. The normalized spacial score (nSPS) is 23.7. The molecule has 0 spiro atoms. The lowest BCUT2D eigenvalue weighted by Gasteiger charge is -2.35. The molecule has 0 saturated carbocycles. The summed E-state index contributed by atoms with van der Waals surface area (Å²) in [6.07, 6.45) is -5.30. The summed E-state index contributed by atoms with van der Waals surface area (Å²) in [5, 5.41) is 6.68. The molecule has 0 radical (unpaired) electrons. The number of hydrogen-bond acceptors (Lipinski definition) is 3. The van der Waals surface area contributed by atoms with E-state index in [4.69, 9.17) is 28.0 Å². The van der Waals surface area contributed by atoms with Crippen LogP contribution in [0.5, 0.6) is 0 Å². The fourth-order valence-electron chi connectivity index (χ4n) is 3.36. The van der Waals surface area contributed by atoms with Crippen LogP contribution in [-0.2, 0) is 16.1 Å². The van der Waals surface area contributed by atoms with Crippen LogP contribution in [0.15, 0.2) is 47.6 Å². The van der Waals surface area contributed by atoms with Crippen molar-refractivity contribution in [2.45, 2.75) is 23.9 Å². The number of hydrogen-bond donors (Lipinski definition) is 1. The highest BCUT2D eigenvalue weighted by Gasteiger charge is 2.62. The van der Waals surface area contributed by atoms with Gasteiger partial charge in [-0.05, 0) is 29.3 Å². The van der Waals surface area contributed by atoms with Gasteiger partial charge >= 0.3 is 6.18 Å². The van der Waals surface area contributed by atoms with Crippen LogP contribution in [0, 0.1) is 0 Å². The Bertz CT molecular complexity index is 922. The van der Waals surface area contributed by atoms with Gasteiger partial charge in [0.2, 0.25) is 0 Å². The van der Waals surface area contributed by atoms with E-state index in [1.54, 1.807) is 24.3 Å². The van der Waals surface area contributed by atoms with Crippen LogP contribution in [-0.4, -0.2) is 25.0 Å². The molecular weight excluding hydrogens is 419 g/mol. The maximum Gasteiger partial charge on any atom is 0.435 e. The Balaban J connectivity index is 1.65. The lowest BCUT2D eigenvalue weighted by molar-refractivity contribution is -0.275. The molecule has 4 rings (SSSR count). The van der Waals surface area contributed by atoms with E-state index in [1.165, 1.54) is 18.2 Å². The molecule has 1 atom stereocenters. The lowest BCUT2D eigenvalue weighted by atomic mass is 9.85. The van der Waals surface area contributed by atoms with E-state index in [2.05, 4.69) is 10.5 Å². The number of nitrogens with zero attached hydrogens (tertiary/aromatic N) is 1. The van der Waals surface area contributed by atoms with E-state index in [0.29, 0.717) is 11.1 Å². The van der Waals surface area contributed by atoms with Crippen molar-refractivity contribution in [1.82, 2.24) is 5.32 Å². The first kappa shape index (κ1) is 19.5. The minimum Gasteiger partial charge on any atom is -0.374 e. The van der Waals surface area contributed by atoms with Crippen molar-refractivity contribution in [2.75, 3.05) is 13.1 Å². The summed E-state index contributed by atoms with van der Waals surface area (Å²) in [7, 11) is 0. The van der Waals surface area contributed by atoms with Gasteiger partial charge < -0.3 is 10.2 Å². The van der Waals surface area contributed by atoms with Gasteiger partial charge in [-0.15, -0.1) is 0 Å². The second-order valence-electron chi connectivity index (χ2n) is 6.94. The maximum atomic E-state index is 14.4. The van der Waals surface area contributed by atoms with E-state index >= 15 is 0 Å². The standard InChI is InChI=1S/C19H14Cl2F4N2O/c20-14-5-13(6-15(21)7-14)18(19(23,24)25)8-16(27-28-18)11-1-3-12(4-2-11)17(22)9-26-10-17/h1-7,26H,8-10H2/t18-/m0/s1. The lowest BCUT2D eigenvalue weighted by Crippen LogP contribution is -2.53. The van der Waals surface area contributed by atoms with E-state index < -0.39 is 23.9 Å². The smallest absolute Gasteiger partial charge is 0.374 e. The molecule has 0 unspecified atom stereocenters. The van der Waals surface area contributed by atoms with Crippen molar-refractivity contribution in [3.05, 3.63) is 69.2 Å². The SMILES string of the molecule is FC1(c2ccc(C3=NO[C@@](c4cc(Cl)cc(Cl)c4)(C(F)(F)F)C3)cc2)CNC1. The molecule has 0 aliphatic carbocycles. The Morgan fingerprint density at radius 2 is 1.57 bits per heavy atom. The highest BCUT2D eigenvalue weighted by Crippen LogP contribution is 2.49. The second-order valence-corrected chi connectivity index (χ2v) is 7.81. The Morgan fingerprint density at radius 3 is 2.07 bits per heavy atom. The second kappa shape index (κ2) is 6.61. The zero-order valence-corrected chi connectivity index (χ0v) is 15.8. The summed E-state index contributed by atoms with van der Waals surface area (Å²) in [5.74, 6) is 0. The minimum absolute atomic E-state index is 0.0647. The molecule has 2 heterocycles. The van der Waals surface area contributed by atoms with E-state index in [0.717, 1.165) is 0 Å². The molecule has 2 aromatic carbocycles. The average Bonchev–Trinajstić information content (AvgIpc) is 3.06. The molecule has 2 aliphatic rings. The molecule has 1 saturated heterocycles. The van der Waals surface area contributed by atoms with Crippen LogP contribution >= 0.6 is 23.2 Å². The van der Waals surface area contributed by atoms with Crippen LogP contribution in [0.2, 0.25) is 10.0 Å². The van der Waals surface area contributed by atoms with Gasteiger partial charge in [-0.25, -0.2) is 4.39 Å². The number of benzene rings is 2. The van der Waals surface area contributed by atoms with Crippen molar-refractivity contribution >= 4 is 28.9 Å². The highest BCUT2D eigenvalue weighted by molar-refractivity contribution is 6.34. The quantitative estimate of drug-likeness (QED) is 0.663. The van der Waals surface area contributed by atoms with Crippen molar-refractivity contribution in [3.8, 4) is 0 Å². The molecule has 9 heteroatoms. The Kier molecular flexibility index (Phi) is 4.60. The van der Waals surface area contributed by atoms with E-state index in [9.17, 15) is 17.6 Å². The predicted octanol–water partition coefficient (Wildman–Crippen LogP) is 5.34. The summed E-state index contributed by atoms with van der Waals surface area (Å²) < 4.78 is 56.4. The van der Waals surface area contributed by atoms with Crippen molar-refractivity contribution in [1.29, 1.82) is 0 Å². The Hall–Kier alpha value is -1.83. The first-order valence-electron chi connectivity index (χ1n) is 8.42. The van der Waals surface area contributed by atoms with Crippen LogP contribution in [0.25, 0.3) is 0 Å². The topological polar surface area (TPSA) is 33.6 Å². The number of oxime groups is 1. The van der Waals surface area contributed by atoms with Crippen molar-refractivity contribution in [2.24, 2.45) is 5.16 Å². The van der Waals surface area contributed by atoms with Gasteiger partial charge in [0.25, 0.3) is 5.60 Å². The van der Waals surface area contributed by atoms with Gasteiger partial charge in [-0.2, -0.15) is 13.2 Å². The van der Waals surface area contributed by atoms with Gasteiger partial charge in [0, 0.05) is 35.1 Å². The van der Waals surface area contributed by atoms with Gasteiger partial charge in [0.15, 0.2) is 5.67 Å². The summed E-state index contributed by atoms with van der Waals surface area (Å²) in [4.78, 5) is 4.96. The fourth-order valence-corrected chi connectivity index (χ4v) is 3.88. The average molecular weight is 433 g/mol. The molecule has 0 amide bonds. The van der Waals surface area contributed by atoms with Crippen LogP contribution in [0.3, 0.4) is 0 Å². The highest BCUT2D eigenvalue weighted by atomic mass is 35.5. The zero-order valence-electron chi connectivity index (χ0n) is 14.3. The first-order chi connectivity index (χ1) is 13.1. The van der Waals surface area contributed by atoms with Gasteiger partial charge in [-0.3, -0.25) is 0 Å². The van der Waals surface area contributed by atoms with Gasteiger partial charge in [0.05, 0.1) is 5.71 Å². The first-order valence-corrected chi connectivity index (χ1v) is 9.17. The summed E-state index contributed by atoms with van der Waals surface area (Å²) in [5.41, 5.74) is -3.35. The monoisotopic (exact) mass is 432 g/mol. The number of nitrogens with one attached hydrogen (secondary N) is 1. The van der Waals surface area contributed by atoms with Crippen molar-refractivity contribution in [3.63, 3.8) is 0 Å². The molecule has 0 bridgehead atoms.